The number of carbonyl (C=O) groups is 4. The molecule has 3 saturated carbocycles. The second kappa shape index (κ2) is 20.2. The van der Waals surface area contributed by atoms with Crippen LogP contribution in [0.2, 0.25) is 0 Å². The van der Waals surface area contributed by atoms with E-state index in [0.29, 0.717) is 12.8 Å². The first kappa shape index (κ1) is 41.4. The van der Waals surface area contributed by atoms with Crippen LogP contribution >= 0.6 is 0 Å². The molecule has 8 atom stereocenters. The molecule has 4 aliphatic carbocycles. The third-order valence-electron chi connectivity index (χ3n) is 13.3. The van der Waals surface area contributed by atoms with Crippen LogP contribution in [0.5, 0.6) is 0 Å². The number of nitrogens with zero attached hydrogens (tertiary/aromatic N) is 1. The van der Waals surface area contributed by atoms with Crippen LogP contribution in [0, 0.1) is 46.8 Å². The van der Waals surface area contributed by atoms with E-state index < -0.39 is 11.9 Å². The molecule has 0 bridgehead atoms. The highest BCUT2D eigenvalue weighted by atomic mass is 16.5. The van der Waals surface area contributed by atoms with Crippen LogP contribution in [0.25, 0.3) is 0 Å². The number of hydrogen-bond acceptors (Lipinski definition) is 7. The molecule has 3 fully saturated rings. The molecule has 8 nitrogen and oxygen atoms in total. The van der Waals surface area contributed by atoms with E-state index in [2.05, 4.69) is 33.8 Å². The maximum absolute atomic E-state index is 12.9. The Kier molecular flexibility index (Phi) is 16.4. The molecule has 51 heavy (non-hydrogen) atoms. The number of hydrogen-bond donors (Lipinski definition) is 0. The van der Waals surface area contributed by atoms with E-state index in [-0.39, 0.29) is 62.5 Å². The van der Waals surface area contributed by atoms with Crippen LogP contribution in [0.3, 0.4) is 0 Å². The molecule has 8 heteroatoms. The zero-order chi connectivity index (χ0) is 37.0. The predicted octanol–water partition coefficient (Wildman–Crippen LogP) is 9.24. The molecule has 0 spiro atoms. The Morgan fingerprint density at radius 2 is 1.49 bits per heavy atom. The summed E-state index contributed by atoms with van der Waals surface area (Å²) in [5.74, 6) is 4.92. The molecule has 0 N–H and O–H groups in total. The van der Waals surface area contributed by atoms with Crippen molar-refractivity contribution >= 4 is 23.8 Å². The normalized spacial score (nSPS) is 28.9. The fourth-order valence-corrected chi connectivity index (χ4v) is 10.6. The molecule has 0 heterocycles. The largest absolute Gasteiger partial charge is 0.466 e. The van der Waals surface area contributed by atoms with Gasteiger partial charge in [0, 0.05) is 25.8 Å². The maximum atomic E-state index is 12.9. The van der Waals surface area contributed by atoms with E-state index >= 15 is 0 Å². The minimum atomic E-state index is -0.484. The van der Waals surface area contributed by atoms with E-state index in [1.165, 1.54) is 56.3 Å². The third-order valence-corrected chi connectivity index (χ3v) is 13.3. The van der Waals surface area contributed by atoms with Gasteiger partial charge in [-0.25, -0.2) is 0 Å². The van der Waals surface area contributed by atoms with Crippen molar-refractivity contribution in [2.24, 2.45) is 46.8 Å². The van der Waals surface area contributed by atoms with Gasteiger partial charge in [-0.05, 0) is 118 Å². The lowest BCUT2D eigenvalue weighted by Crippen LogP contribution is -2.48. The fourth-order valence-electron chi connectivity index (χ4n) is 10.6. The Morgan fingerprint density at radius 1 is 0.784 bits per heavy atom. The summed E-state index contributed by atoms with van der Waals surface area (Å²) in [6.07, 6.45) is 20.4. The first-order valence-corrected chi connectivity index (χ1v) is 20.9. The molecule has 0 aromatic heterocycles. The molecule has 1 amide bonds. The van der Waals surface area contributed by atoms with E-state index in [4.69, 9.17) is 14.2 Å². The van der Waals surface area contributed by atoms with Crippen LogP contribution < -0.4 is 0 Å². The van der Waals surface area contributed by atoms with Gasteiger partial charge in [0.2, 0.25) is 5.91 Å². The Hall–Kier alpha value is -2.38. The maximum Gasteiger partial charge on any atom is 0.325 e. The van der Waals surface area contributed by atoms with Crippen molar-refractivity contribution in [1.29, 1.82) is 0 Å². The first-order chi connectivity index (χ1) is 24.5. The Balaban J connectivity index is 1.16. The van der Waals surface area contributed by atoms with Gasteiger partial charge in [0.1, 0.15) is 12.6 Å². The van der Waals surface area contributed by atoms with Crippen LogP contribution in [0.15, 0.2) is 11.6 Å². The molecule has 0 aliphatic heterocycles. The smallest absolute Gasteiger partial charge is 0.325 e. The summed E-state index contributed by atoms with van der Waals surface area (Å²) in [7, 11) is 0. The lowest BCUT2D eigenvalue weighted by atomic mass is 9.50. The van der Waals surface area contributed by atoms with Crippen LogP contribution in [0.1, 0.15) is 157 Å². The monoisotopic (exact) mass is 714 g/mol. The number of carbonyl (C=O) groups excluding carboxylic acids is 4. The van der Waals surface area contributed by atoms with Crippen molar-refractivity contribution in [3.8, 4) is 0 Å². The average molecular weight is 714 g/mol. The average Bonchev–Trinajstić information content (AvgIpc) is 3.53. The van der Waals surface area contributed by atoms with Gasteiger partial charge in [-0.2, -0.15) is 0 Å². The number of unbranched alkanes of at least 4 members (excludes halogenated alkanes) is 3. The summed E-state index contributed by atoms with van der Waals surface area (Å²) >= 11 is 0. The van der Waals surface area contributed by atoms with Crippen LogP contribution in [-0.2, 0) is 33.4 Å². The topological polar surface area (TPSA) is 99.2 Å². The van der Waals surface area contributed by atoms with Crippen molar-refractivity contribution in [1.82, 2.24) is 4.90 Å². The standard InChI is InChI=1S/C43H71NO7/c1-7-49-40(46)25-27-44(29-42(48)50-8-2)39(45)16-11-9-10-12-17-41(47)51-33-24-26-43(6)32(28-33)18-19-37-36-21-20-34(35(36)22-23-38(37)43)31(5)15-13-14-30(3)4/h18,30-31,33-38H,7-17,19-29H2,1-6H3/t31?,33-,34+,35?,36?,37?,38?,43-/m0/s1. The molecule has 4 aliphatic rings. The Bertz CT molecular complexity index is 1180. The molecule has 0 aromatic carbocycles. The van der Waals surface area contributed by atoms with Gasteiger partial charge in [0.05, 0.1) is 19.6 Å². The van der Waals surface area contributed by atoms with Crippen molar-refractivity contribution in [2.45, 2.75) is 163 Å². The van der Waals surface area contributed by atoms with Gasteiger partial charge in [-0.15, -0.1) is 0 Å². The fraction of sp³-hybridized carbons (Fsp3) is 0.860. The summed E-state index contributed by atoms with van der Waals surface area (Å²) in [6, 6.07) is 0. The highest BCUT2D eigenvalue weighted by Gasteiger charge is 2.54. The molecule has 0 saturated heterocycles. The van der Waals surface area contributed by atoms with Crippen LogP contribution in [-0.4, -0.2) is 61.1 Å². The second-order valence-corrected chi connectivity index (χ2v) is 17.0. The number of rotatable bonds is 20. The molecule has 5 unspecified atom stereocenters. The SMILES string of the molecule is CCOC(=O)CCN(CC(=O)OCC)C(=O)CCCCCCC(=O)O[C@H]1CC[C@@]2(C)C(=CCC3C4CC[C@H](C(C)CCCC(C)C)C4CCC32)C1. The predicted molar refractivity (Wildman–Crippen MR) is 200 cm³/mol. The number of ether oxygens (including phenoxy) is 3. The van der Waals surface area contributed by atoms with Gasteiger partial charge in [0.15, 0.2) is 0 Å². The van der Waals surface area contributed by atoms with Crippen molar-refractivity contribution in [3.63, 3.8) is 0 Å². The van der Waals surface area contributed by atoms with Gasteiger partial charge < -0.3 is 19.1 Å². The lowest BCUT2D eigenvalue weighted by molar-refractivity contribution is -0.151. The summed E-state index contributed by atoms with van der Waals surface area (Å²) in [5, 5.41) is 0. The van der Waals surface area contributed by atoms with Gasteiger partial charge in [-0.3, -0.25) is 19.2 Å². The van der Waals surface area contributed by atoms with Gasteiger partial charge in [0.25, 0.3) is 0 Å². The summed E-state index contributed by atoms with van der Waals surface area (Å²) in [4.78, 5) is 50.9. The van der Waals surface area contributed by atoms with E-state index in [1.807, 2.05) is 0 Å². The number of fused-ring (bicyclic) bond motifs is 5. The Labute approximate surface area is 309 Å². The van der Waals surface area contributed by atoms with Crippen molar-refractivity contribution < 1.29 is 33.4 Å². The minimum absolute atomic E-state index is 0.00938. The van der Waals surface area contributed by atoms with Gasteiger partial charge >= 0.3 is 17.9 Å². The van der Waals surface area contributed by atoms with Crippen molar-refractivity contribution in [3.05, 3.63) is 11.6 Å². The number of amides is 1. The summed E-state index contributed by atoms with van der Waals surface area (Å²) in [5.41, 5.74) is 1.83. The van der Waals surface area contributed by atoms with E-state index in [9.17, 15) is 19.2 Å². The molecule has 0 radical (unpaired) electrons. The Morgan fingerprint density at radius 3 is 2.22 bits per heavy atom. The quantitative estimate of drug-likeness (QED) is 0.0537. The number of esters is 3. The zero-order valence-electron chi connectivity index (χ0n) is 33.1. The molecule has 4 rings (SSSR count). The van der Waals surface area contributed by atoms with E-state index in [0.717, 1.165) is 80.0 Å². The second-order valence-electron chi connectivity index (χ2n) is 17.0. The third kappa shape index (κ3) is 11.6. The van der Waals surface area contributed by atoms with Gasteiger partial charge in [-0.1, -0.05) is 71.4 Å². The first-order valence-electron chi connectivity index (χ1n) is 20.9. The number of allylic oxidation sites excluding steroid dienone is 1. The van der Waals surface area contributed by atoms with Crippen molar-refractivity contribution in [2.75, 3.05) is 26.3 Å². The van der Waals surface area contributed by atoms with E-state index in [1.54, 1.807) is 19.4 Å². The summed E-state index contributed by atoms with van der Waals surface area (Å²) < 4.78 is 16.0. The molecular weight excluding hydrogens is 642 g/mol. The van der Waals surface area contributed by atoms with Crippen LogP contribution in [0.4, 0.5) is 0 Å². The highest BCUT2D eigenvalue weighted by Crippen LogP contribution is 2.63. The molecule has 0 aromatic rings. The minimum Gasteiger partial charge on any atom is -0.466 e. The molecule has 290 valence electrons. The highest BCUT2D eigenvalue weighted by molar-refractivity contribution is 5.82. The summed E-state index contributed by atoms with van der Waals surface area (Å²) in [6.45, 7) is 13.7. The molecular formula is C43H71NO7. The zero-order valence-corrected chi connectivity index (χ0v) is 33.1. The lowest BCUT2D eigenvalue weighted by Gasteiger charge is -2.55.